The molecule has 21 heavy (non-hydrogen) atoms. The molecular formula is C13H21BrN4O3. The normalized spacial score (nSPS) is 12.3. The zero-order valence-electron chi connectivity index (χ0n) is 12.6. The molecule has 1 heterocycles. The summed E-state index contributed by atoms with van der Waals surface area (Å²) in [5, 5.41) is 18.5. The number of hydrogen-bond acceptors (Lipinski definition) is 3. The minimum Gasteiger partial charge on any atom is -0.480 e. The van der Waals surface area contributed by atoms with E-state index in [1.807, 2.05) is 13.8 Å². The van der Waals surface area contributed by atoms with Gasteiger partial charge in [0.25, 0.3) is 0 Å². The highest BCUT2D eigenvalue weighted by Crippen LogP contribution is 2.20. The van der Waals surface area contributed by atoms with Gasteiger partial charge in [0, 0.05) is 6.54 Å². The third kappa shape index (κ3) is 4.45. The number of halogens is 1. The molecule has 3 N–H and O–H groups in total. The SMILES string of the molecule is CCn1nc(C)c(Br)c1CNC(=O)NC(C(=O)O)C(C)C. The highest BCUT2D eigenvalue weighted by atomic mass is 79.9. The fourth-order valence-electron chi connectivity index (χ4n) is 1.91. The van der Waals surface area contributed by atoms with Gasteiger partial charge in [0.1, 0.15) is 6.04 Å². The molecule has 8 heteroatoms. The Hall–Kier alpha value is -1.57. The highest BCUT2D eigenvalue weighted by Gasteiger charge is 2.23. The first-order valence-electron chi connectivity index (χ1n) is 6.76. The zero-order chi connectivity index (χ0) is 16.2. The molecule has 0 aliphatic heterocycles. The number of carbonyl (C=O) groups is 2. The molecule has 0 radical (unpaired) electrons. The van der Waals surface area contributed by atoms with Crippen molar-refractivity contribution in [3.8, 4) is 0 Å². The van der Waals surface area contributed by atoms with Crippen LogP contribution in [-0.4, -0.2) is 32.9 Å². The van der Waals surface area contributed by atoms with E-state index in [9.17, 15) is 9.59 Å². The fourth-order valence-corrected chi connectivity index (χ4v) is 2.33. The first kappa shape index (κ1) is 17.5. The lowest BCUT2D eigenvalue weighted by atomic mass is 10.1. The van der Waals surface area contributed by atoms with Crippen molar-refractivity contribution >= 4 is 27.9 Å². The summed E-state index contributed by atoms with van der Waals surface area (Å²) in [4.78, 5) is 22.9. The highest BCUT2D eigenvalue weighted by molar-refractivity contribution is 9.10. The quantitative estimate of drug-likeness (QED) is 0.721. The zero-order valence-corrected chi connectivity index (χ0v) is 14.2. The summed E-state index contributed by atoms with van der Waals surface area (Å²) in [6, 6.07) is -1.42. The van der Waals surface area contributed by atoms with Crippen molar-refractivity contribution in [2.75, 3.05) is 0 Å². The predicted octanol–water partition coefficient (Wildman–Crippen LogP) is 1.88. The van der Waals surface area contributed by atoms with Gasteiger partial charge < -0.3 is 15.7 Å². The Balaban J connectivity index is 2.67. The molecular weight excluding hydrogens is 340 g/mol. The molecule has 0 aromatic carbocycles. The van der Waals surface area contributed by atoms with Gasteiger partial charge in [-0.15, -0.1) is 0 Å². The van der Waals surface area contributed by atoms with Crippen LogP contribution in [0.3, 0.4) is 0 Å². The second-order valence-corrected chi connectivity index (χ2v) is 5.84. The van der Waals surface area contributed by atoms with Crippen molar-refractivity contribution in [1.82, 2.24) is 20.4 Å². The Labute approximate surface area is 132 Å². The Kier molecular flexibility index (Phi) is 6.19. The van der Waals surface area contributed by atoms with Crippen molar-refractivity contribution in [2.45, 2.75) is 46.8 Å². The van der Waals surface area contributed by atoms with Crippen LogP contribution in [0.15, 0.2) is 4.47 Å². The molecule has 0 aliphatic rings. The molecule has 1 rings (SSSR count). The summed E-state index contributed by atoms with van der Waals surface area (Å²) >= 11 is 3.44. The number of rotatable bonds is 6. The van der Waals surface area contributed by atoms with Crippen LogP contribution in [0, 0.1) is 12.8 Å². The lowest BCUT2D eigenvalue weighted by molar-refractivity contribution is -0.140. The molecule has 0 spiro atoms. The molecule has 1 aromatic rings. The smallest absolute Gasteiger partial charge is 0.326 e. The Morgan fingerprint density at radius 3 is 2.52 bits per heavy atom. The van der Waals surface area contributed by atoms with E-state index in [2.05, 4.69) is 31.7 Å². The van der Waals surface area contributed by atoms with Crippen LogP contribution in [0.25, 0.3) is 0 Å². The van der Waals surface area contributed by atoms with E-state index >= 15 is 0 Å². The van der Waals surface area contributed by atoms with Crippen LogP contribution in [-0.2, 0) is 17.9 Å². The summed E-state index contributed by atoms with van der Waals surface area (Å²) in [6.07, 6.45) is 0. The topological polar surface area (TPSA) is 96.3 Å². The van der Waals surface area contributed by atoms with Gasteiger partial charge >= 0.3 is 12.0 Å². The van der Waals surface area contributed by atoms with Crippen molar-refractivity contribution in [3.63, 3.8) is 0 Å². The first-order valence-corrected chi connectivity index (χ1v) is 7.56. The van der Waals surface area contributed by atoms with E-state index in [1.54, 1.807) is 18.5 Å². The van der Waals surface area contributed by atoms with Gasteiger partial charge in [0.05, 0.1) is 22.4 Å². The molecule has 1 aromatic heterocycles. The molecule has 1 unspecified atom stereocenters. The second-order valence-electron chi connectivity index (χ2n) is 5.05. The summed E-state index contributed by atoms with van der Waals surface area (Å²) in [5.41, 5.74) is 1.70. The monoisotopic (exact) mass is 360 g/mol. The Morgan fingerprint density at radius 2 is 2.05 bits per heavy atom. The molecule has 118 valence electrons. The minimum absolute atomic E-state index is 0.191. The fraction of sp³-hybridized carbons (Fsp3) is 0.615. The number of carboxylic acid groups (broad SMARTS) is 1. The van der Waals surface area contributed by atoms with Gasteiger partial charge in [0.15, 0.2) is 0 Å². The van der Waals surface area contributed by atoms with Crippen molar-refractivity contribution in [2.24, 2.45) is 5.92 Å². The lowest BCUT2D eigenvalue weighted by Gasteiger charge is -2.18. The average molecular weight is 361 g/mol. The van der Waals surface area contributed by atoms with Crippen LogP contribution in [0.4, 0.5) is 4.79 Å². The lowest BCUT2D eigenvalue weighted by Crippen LogP contribution is -2.48. The molecule has 0 saturated carbocycles. The van der Waals surface area contributed by atoms with Crippen molar-refractivity contribution in [1.29, 1.82) is 0 Å². The van der Waals surface area contributed by atoms with E-state index in [0.29, 0.717) is 6.54 Å². The number of hydrogen-bond donors (Lipinski definition) is 3. The molecule has 0 bridgehead atoms. The predicted molar refractivity (Wildman–Crippen MR) is 82.0 cm³/mol. The summed E-state index contributed by atoms with van der Waals surface area (Å²) in [6.45, 7) is 8.28. The third-order valence-electron chi connectivity index (χ3n) is 3.09. The summed E-state index contributed by atoms with van der Waals surface area (Å²) < 4.78 is 2.64. The largest absolute Gasteiger partial charge is 0.480 e. The van der Waals surface area contributed by atoms with Gasteiger partial charge in [-0.1, -0.05) is 13.8 Å². The number of aryl methyl sites for hydroxylation is 2. The maximum Gasteiger partial charge on any atom is 0.326 e. The second kappa shape index (κ2) is 7.44. The van der Waals surface area contributed by atoms with Crippen LogP contribution in [0.5, 0.6) is 0 Å². The maximum atomic E-state index is 11.8. The van der Waals surface area contributed by atoms with Gasteiger partial charge in [-0.25, -0.2) is 9.59 Å². The third-order valence-corrected chi connectivity index (χ3v) is 4.12. The van der Waals surface area contributed by atoms with E-state index in [4.69, 9.17) is 5.11 Å². The number of amides is 2. The molecule has 2 amide bonds. The van der Waals surface area contributed by atoms with Gasteiger partial charge in [-0.3, -0.25) is 4.68 Å². The van der Waals surface area contributed by atoms with Gasteiger partial charge in [-0.2, -0.15) is 5.10 Å². The number of aromatic nitrogens is 2. The molecule has 0 aliphatic carbocycles. The first-order chi connectivity index (χ1) is 9.77. The number of carboxylic acids is 1. The molecule has 7 nitrogen and oxygen atoms in total. The standard InChI is InChI=1S/C13H21BrN4O3/c1-5-18-9(10(14)8(4)17-18)6-15-13(21)16-11(7(2)3)12(19)20/h7,11H,5-6H2,1-4H3,(H,19,20)(H2,15,16,21). The maximum absolute atomic E-state index is 11.8. The molecule has 0 fully saturated rings. The van der Waals surface area contributed by atoms with Gasteiger partial charge in [-0.05, 0) is 35.7 Å². The summed E-state index contributed by atoms with van der Waals surface area (Å²) in [5.74, 6) is -1.24. The van der Waals surface area contributed by atoms with Crippen LogP contribution in [0.1, 0.15) is 32.2 Å². The number of carbonyl (C=O) groups excluding carboxylic acids is 1. The van der Waals surface area contributed by atoms with Crippen LogP contribution in [0.2, 0.25) is 0 Å². The van der Waals surface area contributed by atoms with E-state index in [-0.39, 0.29) is 12.5 Å². The number of nitrogens with zero attached hydrogens (tertiary/aromatic N) is 2. The number of urea groups is 1. The minimum atomic E-state index is -1.05. The van der Waals surface area contributed by atoms with E-state index in [1.165, 1.54) is 0 Å². The molecule has 1 atom stereocenters. The van der Waals surface area contributed by atoms with Crippen LogP contribution >= 0.6 is 15.9 Å². The van der Waals surface area contributed by atoms with E-state index in [0.717, 1.165) is 15.9 Å². The number of aliphatic carboxylic acids is 1. The van der Waals surface area contributed by atoms with Crippen molar-refractivity contribution < 1.29 is 14.7 Å². The van der Waals surface area contributed by atoms with E-state index < -0.39 is 18.0 Å². The Morgan fingerprint density at radius 1 is 1.43 bits per heavy atom. The average Bonchev–Trinajstić information content (AvgIpc) is 2.68. The van der Waals surface area contributed by atoms with Gasteiger partial charge in [0.2, 0.25) is 0 Å². The number of nitrogens with one attached hydrogen (secondary N) is 2. The Bertz CT molecular complexity index is 528. The van der Waals surface area contributed by atoms with Crippen LogP contribution < -0.4 is 10.6 Å². The summed E-state index contributed by atoms with van der Waals surface area (Å²) in [7, 11) is 0. The van der Waals surface area contributed by atoms with Crippen molar-refractivity contribution in [3.05, 3.63) is 15.9 Å². The molecule has 0 saturated heterocycles.